The van der Waals surface area contributed by atoms with Gasteiger partial charge in [-0.05, 0) is 60.7 Å². The van der Waals surface area contributed by atoms with Crippen molar-refractivity contribution in [1.82, 2.24) is 4.90 Å². The molecule has 0 aliphatic carbocycles. The molecule has 37 heavy (non-hydrogen) atoms. The summed E-state index contributed by atoms with van der Waals surface area (Å²) in [6, 6.07) is 15.9. The molecule has 0 saturated carbocycles. The van der Waals surface area contributed by atoms with Crippen molar-refractivity contribution in [2.75, 3.05) is 13.2 Å². The van der Waals surface area contributed by atoms with Gasteiger partial charge in [0.05, 0.1) is 12.6 Å². The molecule has 3 aromatic rings. The number of piperidine rings is 1. The summed E-state index contributed by atoms with van der Waals surface area (Å²) in [5, 5.41) is 0. The Kier molecular flexibility index (Phi) is 7.90. The lowest BCUT2D eigenvalue weighted by Gasteiger charge is -2.44. The number of halogens is 3. The zero-order chi connectivity index (χ0) is 26.8. The maximum atomic E-state index is 14.2. The minimum absolute atomic E-state index is 0.0619. The van der Waals surface area contributed by atoms with Gasteiger partial charge in [0.2, 0.25) is 5.91 Å². The largest absolute Gasteiger partial charge is 0.469 e. The average Bonchev–Trinajstić information content (AvgIpc) is 2.83. The summed E-state index contributed by atoms with van der Waals surface area (Å²) in [7, 11) is -4.68. The Hall–Kier alpha value is -2.97. The first kappa shape index (κ1) is 27.1. The maximum Gasteiger partial charge on any atom is 0.469 e. The SMILES string of the molecule is C[C@@H](c1ccc(-c2ccc(F)cc2F)cc1)N1CCC(CCOP(=O)(O)O)(c2ccc(F)cc2)CC1=O. The van der Waals surface area contributed by atoms with E-state index in [-0.39, 0.29) is 37.0 Å². The molecular weight excluding hydrogens is 506 g/mol. The number of rotatable bonds is 8. The summed E-state index contributed by atoms with van der Waals surface area (Å²) in [6.07, 6.45) is 0.722. The number of carbonyl (C=O) groups is 1. The molecule has 0 spiro atoms. The van der Waals surface area contributed by atoms with Crippen LogP contribution in [0.5, 0.6) is 0 Å². The molecule has 1 saturated heterocycles. The third-order valence-corrected chi connectivity index (χ3v) is 7.56. The van der Waals surface area contributed by atoms with Crippen LogP contribution < -0.4 is 0 Å². The molecule has 1 aliphatic heterocycles. The summed E-state index contributed by atoms with van der Waals surface area (Å²) >= 11 is 0. The fraction of sp³-hybridized carbons (Fsp3) is 0.296. The third kappa shape index (κ3) is 6.30. The fourth-order valence-corrected chi connectivity index (χ4v) is 5.29. The van der Waals surface area contributed by atoms with E-state index >= 15 is 0 Å². The molecule has 10 heteroatoms. The standard InChI is InChI=1S/C27H27F3NO5P/c1-18(19-2-4-20(5-3-19)24-11-10-23(29)16-25(24)30)31-14-12-27(17-26(31)32,13-15-36-37(33,34)35)21-6-8-22(28)9-7-21/h2-11,16,18H,12-15,17H2,1H3,(H2,33,34,35)/t18-,27?/m0/s1. The zero-order valence-corrected chi connectivity index (χ0v) is 21.0. The van der Waals surface area contributed by atoms with E-state index in [1.807, 2.05) is 6.92 Å². The van der Waals surface area contributed by atoms with Crippen LogP contribution >= 0.6 is 7.82 Å². The van der Waals surface area contributed by atoms with Gasteiger partial charge in [-0.25, -0.2) is 17.7 Å². The number of nitrogens with zero attached hydrogens (tertiary/aromatic N) is 1. The van der Waals surface area contributed by atoms with Gasteiger partial charge in [0.25, 0.3) is 0 Å². The highest BCUT2D eigenvalue weighted by atomic mass is 31.2. The van der Waals surface area contributed by atoms with Crippen molar-refractivity contribution in [3.8, 4) is 11.1 Å². The molecule has 0 bridgehead atoms. The summed E-state index contributed by atoms with van der Waals surface area (Å²) in [5.41, 5.74) is 1.63. The predicted molar refractivity (Wildman–Crippen MR) is 132 cm³/mol. The lowest BCUT2D eigenvalue weighted by atomic mass is 9.70. The minimum atomic E-state index is -4.68. The quantitative estimate of drug-likeness (QED) is 0.353. The van der Waals surface area contributed by atoms with Crippen LogP contribution in [0.25, 0.3) is 11.1 Å². The van der Waals surface area contributed by atoms with Crippen molar-refractivity contribution in [3.05, 3.63) is 95.3 Å². The highest BCUT2D eigenvalue weighted by molar-refractivity contribution is 7.46. The molecule has 0 aromatic heterocycles. The van der Waals surface area contributed by atoms with Gasteiger partial charge in [-0.1, -0.05) is 36.4 Å². The van der Waals surface area contributed by atoms with Gasteiger partial charge < -0.3 is 14.7 Å². The van der Waals surface area contributed by atoms with Crippen molar-refractivity contribution in [1.29, 1.82) is 0 Å². The number of hydrogen-bond acceptors (Lipinski definition) is 3. The first-order valence-corrected chi connectivity index (χ1v) is 13.3. The van der Waals surface area contributed by atoms with E-state index in [2.05, 4.69) is 4.52 Å². The number of benzene rings is 3. The van der Waals surface area contributed by atoms with E-state index in [1.54, 1.807) is 41.3 Å². The van der Waals surface area contributed by atoms with E-state index in [1.165, 1.54) is 24.3 Å². The van der Waals surface area contributed by atoms with Crippen LogP contribution in [-0.2, 0) is 19.3 Å². The lowest BCUT2D eigenvalue weighted by Crippen LogP contribution is -2.47. The van der Waals surface area contributed by atoms with Crippen molar-refractivity contribution in [3.63, 3.8) is 0 Å². The molecule has 1 heterocycles. The number of amides is 1. The van der Waals surface area contributed by atoms with E-state index in [9.17, 15) is 22.5 Å². The Bertz CT molecular complexity index is 1310. The summed E-state index contributed by atoms with van der Waals surface area (Å²) in [5.74, 6) is -1.90. The normalized spacial score (nSPS) is 19.2. The Balaban J connectivity index is 1.52. The van der Waals surface area contributed by atoms with Gasteiger partial charge >= 0.3 is 7.82 Å². The van der Waals surface area contributed by atoms with Crippen molar-refractivity contribution in [2.45, 2.75) is 37.6 Å². The van der Waals surface area contributed by atoms with E-state index in [0.717, 1.165) is 11.6 Å². The van der Waals surface area contributed by atoms with Crippen molar-refractivity contribution < 1.29 is 36.8 Å². The second-order valence-corrected chi connectivity index (χ2v) is 10.5. The number of phosphoric acid groups is 1. The summed E-state index contributed by atoms with van der Waals surface area (Å²) in [6.45, 7) is 1.99. The van der Waals surface area contributed by atoms with E-state index < -0.39 is 30.7 Å². The Labute approximate surface area is 212 Å². The molecule has 1 aliphatic rings. The fourth-order valence-electron chi connectivity index (χ4n) is 4.96. The number of phosphoric ester groups is 1. The highest BCUT2D eigenvalue weighted by Crippen LogP contribution is 2.43. The topological polar surface area (TPSA) is 87.1 Å². The van der Waals surface area contributed by atoms with Gasteiger partial charge in [-0.3, -0.25) is 9.32 Å². The second-order valence-electron chi connectivity index (χ2n) is 9.30. The Morgan fingerprint density at radius 2 is 1.65 bits per heavy atom. The summed E-state index contributed by atoms with van der Waals surface area (Å²) < 4.78 is 56.8. The van der Waals surface area contributed by atoms with Crippen LogP contribution in [0.1, 0.15) is 43.4 Å². The molecule has 2 atom stereocenters. The molecule has 1 amide bonds. The van der Waals surface area contributed by atoms with E-state index in [0.29, 0.717) is 24.1 Å². The second kappa shape index (κ2) is 10.8. The summed E-state index contributed by atoms with van der Waals surface area (Å²) in [4.78, 5) is 33.2. The minimum Gasteiger partial charge on any atom is -0.336 e. The first-order valence-electron chi connectivity index (χ1n) is 11.8. The van der Waals surface area contributed by atoms with Gasteiger partial charge in [0.15, 0.2) is 0 Å². The number of likely N-dealkylation sites (tertiary alicyclic amines) is 1. The molecule has 196 valence electrons. The lowest BCUT2D eigenvalue weighted by molar-refractivity contribution is -0.138. The smallest absolute Gasteiger partial charge is 0.336 e. The molecule has 6 nitrogen and oxygen atoms in total. The number of carbonyl (C=O) groups excluding carboxylic acids is 1. The van der Waals surface area contributed by atoms with Crippen LogP contribution in [0.2, 0.25) is 0 Å². The first-order chi connectivity index (χ1) is 17.5. The monoisotopic (exact) mass is 533 g/mol. The third-order valence-electron chi connectivity index (χ3n) is 7.04. The molecule has 3 aromatic carbocycles. The van der Waals surface area contributed by atoms with Crippen molar-refractivity contribution in [2.24, 2.45) is 0 Å². The maximum absolute atomic E-state index is 14.2. The Morgan fingerprint density at radius 1 is 1.00 bits per heavy atom. The van der Waals surface area contributed by atoms with Crippen LogP contribution in [0.3, 0.4) is 0 Å². The predicted octanol–water partition coefficient (Wildman–Crippen LogP) is 5.89. The molecule has 1 fully saturated rings. The van der Waals surface area contributed by atoms with Crippen LogP contribution in [0.4, 0.5) is 13.2 Å². The van der Waals surface area contributed by atoms with Gasteiger partial charge in [0.1, 0.15) is 17.5 Å². The molecule has 2 N–H and O–H groups in total. The van der Waals surface area contributed by atoms with Gasteiger partial charge in [-0.2, -0.15) is 0 Å². The number of hydrogen-bond donors (Lipinski definition) is 2. The van der Waals surface area contributed by atoms with Crippen LogP contribution in [0.15, 0.2) is 66.7 Å². The van der Waals surface area contributed by atoms with Crippen LogP contribution in [-0.4, -0.2) is 33.7 Å². The van der Waals surface area contributed by atoms with Crippen molar-refractivity contribution >= 4 is 13.7 Å². The van der Waals surface area contributed by atoms with Crippen LogP contribution in [0, 0.1) is 17.5 Å². The van der Waals surface area contributed by atoms with Gasteiger partial charge in [-0.15, -0.1) is 0 Å². The molecule has 1 unspecified atom stereocenters. The van der Waals surface area contributed by atoms with Gasteiger partial charge in [0, 0.05) is 30.0 Å². The average molecular weight is 533 g/mol. The molecular formula is C27H27F3NO5P. The zero-order valence-electron chi connectivity index (χ0n) is 20.1. The Morgan fingerprint density at radius 3 is 2.24 bits per heavy atom. The molecule has 4 rings (SSSR count). The highest BCUT2D eigenvalue weighted by Gasteiger charge is 2.42. The van der Waals surface area contributed by atoms with E-state index in [4.69, 9.17) is 9.79 Å². The molecule has 0 radical (unpaired) electrons.